The summed E-state index contributed by atoms with van der Waals surface area (Å²) in [7, 11) is -4.54. The van der Waals surface area contributed by atoms with Crippen LogP contribution in [-0.4, -0.2) is 40.3 Å². The molecule has 0 saturated carbocycles. The van der Waals surface area contributed by atoms with Gasteiger partial charge in [-0.2, -0.15) is 0 Å². The van der Waals surface area contributed by atoms with Gasteiger partial charge in [0.05, 0.1) is 27.4 Å². The van der Waals surface area contributed by atoms with Crippen molar-refractivity contribution in [2.45, 2.75) is 101 Å². The zero-order valence-corrected chi connectivity index (χ0v) is 29.3. The molecule has 42 heavy (non-hydrogen) atoms. The highest BCUT2D eigenvalue weighted by atomic mass is 28.4. The molecule has 0 aliphatic heterocycles. The molecule has 0 amide bonds. The molecule has 0 heterocycles. The quantitative estimate of drug-likeness (QED) is 0.139. The average Bonchev–Trinajstić information content (AvgIpc) is 2.96. The molecule has 228 valence electrons. The third-order valence-corrected chi connectivity index (χ3v) is 19.6. The van der Waals surface area contributed by atoms with Crippen molar-refractivity contribution in [3.05, 3.63) is 120 Å². The van der Waals surface area contributed by atoms with Crippen LogP contribution >= 0.6 is 0 Å². The van der Waals surface area contributed by atoms with E-state index in [2.05, 4.69) is 139 Å². The van der Waals surface area contributed by atoms with E-state index in [9.17, 15) is 5.11 Å². The summed E-state index contributed by atoms with van der Waals surface area (Å²) in [6.07, 6.45) is 2.57. The number of hydrogen-bond donors (Lipinski definition) is 1. The van der Waals surface area contributed by atoms with E-state index in [1.54, 1.807) is 0 Å². The van der Waals surface area contributed by atoms with Gasteiger partial charge in [0.2, 0.25) is 0 Å². The molecule has 0 aliphatic rings. The van der Waals surface area contributed by atoms with Gasteiger partial charge < -0.3 is 14.3 Å². The Kier molecular flexibility index (Phi) is 11.8. The van der Waals surface area contributed by atoms with E-state index in [0.29, 0.717) is 13.2 Å². The lowest BCUT2D eigenvalue weighted by atomic mass is 9.91. The summed E-state index contributed by atoms with van der Waals surface area (Å²) in [6.45, 7) is 23.6. The zero-order valence-electron chi connectivity index (χ0n) is 27.3. The van der Waals surface area contributed by atoms with Crippen LogP contribution in [0.5, 0.6) is 0 Å². The predicted octanol–water partition coefficient (Wildman–Crippen LogP) is 9.76. The highest BCUT2D eigenvalue weighted by Gasteiger charge is 2.55. The molecule has 0 spiro atoms. The van der Waals surface area contributed by atoms with Crippen LogP contribution in [0.1, 0.15) is 62.8 Å². The molecule has 0 unspecified atom stereocenters. The van der Waals surface area contributed by atoms with Gasteiger partial charge >= 0.3 is 0 Å². The Morgan fingerprint density at radius 3 is 1.71 bits per heavy atom. The number of ether oxygens (including phenoxy) is 1. The Balaban J connectivity index is 2.11. The highest BCUT2D eigenvalue weighted by molar-refractivity contribution is 6.83. The Bertz CT molecular complexity index is 1180. The maximum Gasteiger partial charge on any atom is 0.192 e. The molecular weight excluding hydrogens is 549 g/mol. The zero-order chi connectivity index (χ0) is 31.0. The number of hydrogen-bond acceptors (Lipinski definition) is 3. The number of rotatable bonds is 15. The molecular formula is C37H54O3Si2. The summed E-state index contributed by atoms with van der Waals surface area (Å²) in [5, 5.41) is 12.2. The number of aliphatic hydroxyl groups excluding tert-OH is 1. The monoisotopic (exact) mass is 602 g/mol. The Labute approximate surface area is 258 Å². The second-order valence-corrected chi connectivity index (χ2v) is 23.6. The van der Waals surface area contributed by atoms with Crippen molar-refractivity contribution in [3.63, 3.8) is 0 Å². The van der Waals surface area contributed by atoms with E-state index >= 15 is 0 Å². The molecule has 3 atom stereocenters. The normalized spacial score (nSPS) is 15.7. The summed E-state index contributed by atoms with van der Waals surface area (Å²) >= 11 is 0. The van der Waals surface area contributed by atoms with Gasteiger partial charge in [-0.3, -0.25) is 0 Å². The van der Waals surface area contributed by atoms with Crippen LogP contribution in [-0.2, 0) is 15.8 Å². The lowest BCUT2D eigenvalue weighted by Crippen LogP contribution is -2.58. The van der Waals surface area contributed by atoms with Crippen molar-refractivity contribution in [1.82, 2.24) is 0 Å². The minimum absolute atomic E-state index is 0.0562. The maximum absolute atomic E-state index is 12.7. The summed E-state index contributed by atoms with van der Waals surface area (Å²) in [5.41, 5.74) is 3.82. The molecule has 1 N–H and O–H groups in total. The first-order valence-corrected chi connectivity index (χ1v) is 21.5. The molecule has 5 heteroatoms. The molecule has 3 aromatic carbocycles. The molecule has 0 saturated heterocycles. The SMILES string of the molecule is C=C[C@](CCC)([C@H](O)[C@H](CO[Si](C)(C)C(C)(C)C)OCc1ccccc1)[Si](C)(C)C(c1ccccc1)c1ccccc1. The molecule has 0 aromatic heterocycles. The van der Waals surface area contributed by atoms with E-state index < -0.39 is 33.6 Å². The summed E-state index contributed by atoms with van der Waals surface area (Å²) in [6, 6.07) is 31.8. The van der Waals surface area contributed by atoms with Crippen molar-refractivity contribution in [2.75, 3.05) is 6.61 Å². The Morgan fingerprint density at radius 2 is 1.29 bits per heavy atom. The summed E-state index contributed by atoms with van der Waals surface area (Å²) < 4.78 is 13.4. The van der Waals surface area contributed by atoms with Gasteiger partial charge in [0.1, 0.15) is 6.10 Å². The summed E-state index contributed by atoms with van der Waals surface area (Å²) in [4.78, 5) is 0. The number of aliphatic hydroxyl groups is 1. The summed E-state index contributed by atoms with van der Waals surface area (Å²) in [5.74, 6) is 0. The van der Waals surface area contributed by atoms with Gasteiger partial charge in [0.25, 0.3) is 0 Å². The van der Waals surface area contributed by atoms with Gasteiger partial charge in [-0.15, -0.1) is 6.58 Å². The highest BCUT2D eigenvalue weighted by Crippen LogP contribution is 2.55. The first kappa shape index (κ1) is 34.2. The lowest BCUT2D eigenvalue weighted by Gasteiger charge is -2.53. The average molecular weight is 603 g/mol. The molecule has 0 aliphatic carbocycles. The lowest BCUT2D eigenvalue weighted by molar-refractivity contribution is -0.0809. The topological polar surface area (TPSA) is 38.7 Å². The van der Waals surface area contributed by atoms with Crippen LogP contribution in [0.4, 0.5) is 0 Å². The first-order chi connectivity index (χ1) is 19.8. The van der Waals surface area contributed by atoms with Crippen molar-refractivity contribution >= 4 is 16.4 Å². The van der Waals surface area contributed by atoms with Crippen molar-refractivity contribution in [2.24, 2.45) is 0 Å². The van der Waals surface area contributed by atoms with Gasteiger partial charge in [0, 0.05) is 10.6 Å². The van der Waals surface area contributed by atoms with E-state index in [0.717, 1.165) is 18.4 Å². The fourth-order valence-corrected chi connectivity index (χ4v) is 12.2. The van der Waals surface area contributed by atoms with E-state index in [4.69, 9.17) is 9.16 Å². The minimum atomic E-state index is -2.45. The van der Waals surface area contributed by atoms with Crippen LogP contribution in [0.15, 0.2) is 104 Å². The first-order valence-electron chi connectivity index (χ1n) is 15.5. The Morgan fingerprint density at radius 1 is 0.810 bits per heavy atom. The molecule has 3 rings (SSSR count). The predicted molar refractivity (Wildman–Crippen MR) is 184 cm³/mol. The fraction of sp³-hybridized carbons (Fsp3) is 0.459. The number of benzene rings is 3. The molecule has 3 nitrogen and oxygen atoms in total. The third-order valence-electron chi connectivity index (χ3n) is 9.82. The van der Waals surface area contributed by atoms with Crippen LogP contribution in [0.3, 0.4) is 0 Å². The smallest absolute Gasteiger partial charge is 0.192 e. The third kappa shape index (κ3) is 7.61. The molecule has 3 aromatic rings. The Hall–Kier alpha value is -2.29. The van der Waals surface area contributed by atoms with E-state index in [-0.39, 0.29) is 10.6 Å². The van der Waals surface area contributed by atoms with Gasteiger partial charge in [-0.05, 0) is 41.2 Å². The molecule has 0 radical (unpaired) electrons. The van der Waals surface area contributed by atoms with Gasteiger partial charge in [-0.25, -0.2) is 0 Å². The van der Waals surface area contributed by atoms with Crippen LogP contribution < -0.4 is 0 Å². The van der Waals surface area contributed by atoms with Crippen molar-refractivity contribution in [1.29, 1.82) is 0 Å². The molecule has 0 fully saturated rings. The molecule has 0 bridgehead atoms. The second-order valence-electron chi connectivity index (χ2n) is 13.8. The largest absolute Gasteiger partial charge is 0.414 e. The van der Waals surface area contributed by atoms with E-state index in [1.165, 1.54) is 11.1 Å². The fourth-order valence-electron chi connectivity index (χ4n) is 6.18. The van der Waals surface area contributed by atoms with Crippen LogP contribution in [0.2, 0.25) is 36.3 Å². The second kappa shape index (κ2) is 14.5. The maximum atomic E-state index is 12.7. The van der Waals surface area contributed by atoms with Crippen molar-refractivity contribution < 1.29 is 14.3 Å². The van der Waals surface area contributed by atoms with Crippen molar-refractivity contribution in [3.8, 4) is 0 Å². The minimum Gasteiger partial charge on any atom is -0.414 e. The van der Waals surface area contributed by atoms with E-state index in [1.807, 2.05) is 18.2 Å². The van der Waals surface area contributed by atoms with Crippen LogP contribution in [0.25, 0.3) is 0 Å². The van der Waals surface area contributed by atoms with Gasteiger partial charge in [0.15, 0.2) is 8.32 Å². The van der Waals surface area contributed by atoms with Gasteiger partial charge in [-0.1, -0.05) is 144 Å². The van der Waals surface area contributed by atoms with Crippen LogP contribution in [0, 0.1) is 0 Å². The standard InChI is InChI=1S/C37H54O3Si2/c1-10-27-37(11-2,41(6,7)34(31-23-17-13-18-24-31)32-25-19-14-20-26-32)35(38)33(29-40-42(8,9)36(3,4)5)39-28-30-21-15-12-16-22-30/h11-26,33-35,38H,2,10,27-29H2,1,3-9H3/t33-,35+,37-/m0/s1.